The van der Waals surface area contributed by atoms with Crippen molar-refractivity contribution in [2.75, 3.05) is 45.2 Å². The topological polar surface area (TPSA) is 75.5 Å². The standard InChI is InChI=1S/C28H32N6O2/c1-20-6-9-22(10-7-20)26-30-23-5-4-12-29-27(23)34(26)18-15-32-13-16-33(17-14-32)28(35)31-24-19-21(2)8-11-25(24)36-3/h4-12,19H,13-18H2,1-3H3,(H,31,35). The molecule has 2 aromatic carbocycles. The van der Waals surface area contributed by atoms with Gasteiger partial charge in [0.05, 0.1) is 12.8 Å². The van der Waals surface area contributed by atoms with Crippen LogP contribution in [0, 0.1) is 13.8 Å². The van der Waals surface area contributed by atoms with E-state index in [1.807, 2.05) is 48.4 Å². The molecule has 0 atom stereocenters. The summed E-state index contributed by atoms with van der Waals surface area (Å²) in [7, 11) is 1.61. The highest BCUT2D eigenvalue weighted by Gasteiger charge is 2.23. The first-order valence-electron chi connectivity index (χ1n) is 12.3. The number of piperazine rings is 1. The number of methoxy groups -OCH3 is 1. The van der Waals surface area contributed by atoms with Crippen LogP contribution in [0.1, 0.15) is 11.1 Å². The molecular formula is C28H32N6O2. The summed E-state index contributed by atoms with van der Waals surface area (Å²) >= 11 is 0. The Bertz CT molecular complexity index is 1360. The Labute approximate surface area is 211 Å². The smallest absolute Gasteiger partial charge is 0.322 e. The summed E-state index contributed by atoms with van der Waals surface area (Å²) in [6, 6.07) is 18.1. The lowest BCUT2D eigenvalue weighted by atomic mass is 10.1. The molecule has 0 unspecified atom stereocenters. The summed E-state index contributed by atoms with van der Waals surface area (Å²) < 4.78 is 7.61. The van der Waals surface area contributed by atoms with E-state index in [1.54, 1.807) is 7.11 Å². The Morgan fingerprint density at radius 3 is 2.47 bits per heavy atom. The zero-order valence-electron chi connectivity index (χ0n) is 21.1. The Hall–Kier alpha value is -3.91. The zero-order chi connectivity index (χ0) is 25.1. The maximum atomic E-state index is 12.9. The second kappa shape index (κ2) is 10.4. The number of fused-ring (bicyclic) bond motifs is 1. The first-order valence-corrected chi connectivity index (χ1v) is 12.3. The number of imidazole rings is 1. The van der Waals surface area contributed by atoms with Gasteiger partial charge in [0.15, 0.2) is 5.65 Å². The largest absolute Gasteiger partial charge is 0.495 e. The van der Waals surface area contributed by atoms with Crippen LogP contribution in [-0.2, 0) is 6.54 Å². The van der Waals surface area contributed by atoms with E-state index in [0.29, 0.717) is 24.5 Å². The van der Waals surface area contributed by atoms with Crippen molar-refractivity contribution < 1.29 is 9.53 Å². The fourth-order valence-corrected chi connectivity index (χ4v) is 4.62. The number of rotatable bonds is 6. The number of anilines is 1. The average Bonchev–Trinajstić information content (AvgIpc) is 3.27. The van der Waals surface area contributed by atoms with Gasteiger partial charge >= 0.3 is 6.03 Å². The molecule has 5 rings (SSSR count). The van der Waals surface area contributed by atoms with Gasteiger partial charge in [0.1, 0.15) is 17.1 Å². The maximum Gasteiger partial charge on any atom is 0.322 e. The van der Waals surface area contributed by atoms with Gasteiger partial charge in [0, 0.05) is 51.0 Å². The summed E-state index contributed by atoms with van der Waals surface area (Å²) in [6.07, 6.45) is 1.82. The molecule has 8 nitrogen and oxygen atoms in total. The van der Waals surface area contributed by atoms with Gasteiger partial charge < -0.3 is 19.5 Å². The number of hydrogen-bond donors (Lipinski definition) is 1. The van der Waals surface area contributed by atoms with Gasteiger partial charge in [-0.3, -0.25) is 4.90 Å². The van der Waals surface area contributed by atoms with Gasteiger partial charge in [-0.2, -0.15) is 0 Å². The molecule has 2 amide bonds. The fourth-order valence-electron chi connectivity index (χ4n) is 4.62. The lowest BCUT2D eigenvalue weighted by Gasteiger charge is -2.34. The third-order valence-corrected chi connectivity index (χ3v) is 6.71. The van der Waals surface area contributed by atoms with Crippen molar-refractivity contribution in [3.63, 3.8) is 0 Å². The molecule has 0 bridgehead atoms. The van der Waals surface area contributed by atoms with Crippen LogP contribution in [0.4, 0.5) is 10.5 Å². The van der Waals surface area contributed by atoms with Gasteiger partial charge in [-0.05, 0) is 43.7 Å². The minimum absolute atomic E-state index is 0.0926. The number of nitrogens with zero attached hydrogens (tertiary/aromatic N) is 5. The second-order valence-corrected chi connectivity index (χ2v) is 9.26. The quantitative estimate of drug-likeness (QED) is 0.434. The van der Waals surface area contributed by atoms with Crippen molar-refractivity contribution in [3.8, 4) is 17.1 Å². The predicted octanol–water partition coefficient (Wildman–Crippen LogP) is 4.57. The van der Waals surface area contributed by atoms with Crippen LogP contribution in [-0.4, -0.2) is 70.2 Å². The van der Waals surface area contributed by atoms with Crippen molar-refractivity contribution >= 4 is 22.9 Å². The third kappa shape index (κ3) is 5.04. The summed E-state index contributed by atoms with van der Waals surface area (Å²) in [5.74, 6) is 1.60. The Morgan fingerprint density at radius 2 is 1.72 bits per heavy atom. The van der Waals surface area contributed by atoms with Crippen LogP contribution in [0.25, 0.3) is 22.6 Å². The number of carbonyl (C=O) groups is 1. The van der Waals surface area contributed by atoms with E-state index in [9.17, 15) is 4.79 Å². The Kier molecular flexibility index (Phi) is 6.86. The fraction of sp³-hybridized carbons (Fsp3) is 0.321. The number of nitrogens with one attached hydrogen (secondary N) is 1. The van der Waals surface area contributed by atoms with E-state index in [0.717, 1.165) is 54.3 Å². The van der Waals surface area contributed by atoms with E-state index in [2.05, 4.69) is 51.0 Å². The van der Waals surface area contributed by atoms with Crippen LogP contribution in [0.5, 0.6) is 5.75 Å². The minimum Gasteiger partial charge on any atom is -0.495 e. The molecule has 1 aliphatic heterocycles. The molecule has 1 N–H and O–H groups in total. The number of carbonyl (C=O) groups excluding carboxylic acids is 1. The summed E-state index contributed by atoms with van der Waals surface area (Å²) in [5.41, 5.74) is 5.89. The van der Waals surface area contributed by atoms with Crippen molar-refractivity contribution in [2.24, 2.45) is 0 Å². The number of aryl methyl sites for hydroxylation is 2. The van der Waals surface area contributed by atoms with Crippen molar-refractivity contribution in [1.82, 2.24) is 24.3 Å². The molecule has 2 aromatic heterocycles. The number of aromatic nitrogens is 3. The van der Waals surface area contributed by atoms with Crippen LogP contribution >= 0.6 is 0 Å². The number of amides is 2. The average molecular weight is 485 g/mol. The molecule has 1 aliphatic rings. The molecule has 8 heteroatoms. The summed E-state index contributed by atoms with van der Waals surface area (Å²) in [6.45, 7) is 8.71. The van der Waals surface area contributed by atoms with Crippen LogP contribution < -0.4 is 10.1 Å². The van der Waals surface area contributed by atoms with Crippen LogP contribution in [0.3, 0.4) is 0 Å². The molecule has 186 valence electrons. The van der Waals surface area contributed by atoms with Gasteiger partial charge in [-0.1, -0.05) is 35.9 Å². The molecule has 0 radical (unpaired) electrons. The first-order chi connectivity index (χ1) is 17.5. The van der Waals surface area contributed by atoms with Crippen molar-refractivity contribution in [1.29, 1.82) is 0 Å². The molecule has 36 heavy (non-hydrogen) atoms. The lowest BCUT2D eigenvalue weighted by molar-refractivity contribution is 0.144. The second-order valence-electron chi connectivity index (χ2n) is 9.26. The molecule has 4 aromatic rings. The first kappa shape index (κ1) is 23.8. The van der Waals surface area contributed by atoms with Gasteiger partial charge in [0.2, 0.25) is 0 Å². The lowest BCUT2D eigenvalue weighted by Crippen LogP contribution is -2.50. The monoisotopic (exact) mass is 484 g/mol. The minimum atomic E-state index is -0.0926. The Balaban J connectivity index is 1.23. The van der Waals surface area contributed by atoms with E-state index in [1.165, 1.54) is 5.56 Å². The van der Waals surface area contributed by atoms with Gasteiger partial charge in [-0.15, -0.1) is 0 Å². The van der Waals surface area contributed by atoms with E-state index in [4.69, 9.17) is 9.72 Å². The van der Waals surface area contributed by atoms with Crippen LogP contribution in [0.15, 0.2) is 60.8 Å². The molecule has 1 fully saturated rings. The number of ether oxygens (including phenoxy) is 1. The normalized spacial score (nSPS) is 14.2. The predicted molar refractivity (Wildman–Crippen MR) is 142 cm³/mol. The van der Waals surface area contributed by atoms with E-state index in [-0.39, 0.29) is 6.03 Å². The highest BCUT2D eigenvalue weighted by molar-refractivity contribution is 5.91. The van der Waals surface area contributed by atoms with Crippen LogP contribution in [0.2, 0.25) is 0 Å². The number of hydrogen-bond acceptors (Lipinski definition) is 5. The molecule has 0 spiro atoms. The highest BCUT2D eigenvalue weighted by atomic mass is 16.5. The van der Waals surface area contributed by atoms with E-state index < -0.39 is 0 Å². The molecule has 3 heterocycles. The van der Waals surface area contributed by atoms with E-state index >= 15 is 0 Å². The highest BCUT2D eigenvalue weighted by Crippen LogP contribution is 2.26. The zero-order valence-corrected chi connectivity index (χ0v) is 21.1. The summed E-state index contributed by atoms with van der Waals surface area (Å²) in [5, 5.41) is 3.01. The van der Waals surface area contributed by atoms with Gasteiger partial charge in [0.25, 0.3) is 0 Å². The van der Waals surface area contributed by atoms with Gasteiger partial charge in [-0.25, -0.2) is 14.8 Å². The molecule has 0 aliphatic carbocycles. The SMILES string of the molecule is COc1ccc(C)cc1NC(=O)N1CCN(CCn2c(-c3ccc(C)cc3)nc3cccnc32)CC1. The van der Waals surface area contributed by atoms with Crippen molar-refractivity contribution in [3.05, 3.63) is 71.9 Å². The summed E-state index contributed by atoms with van der Waals surface area (Å²) in [4.78, 5) is 26.6. The number of benzene rings is 2. The Morgan fingerprint density at radius 1 is 0.972 bits per heavy atom. The third-order valence-electron chi connectivity index (χ3n) is 6.71. The molecule has 0 saturated carbocycles. The number of pyridine rings is 1. The van der Waals surface area contributed by atoms with Crippen molar-refractivity contribution in [2.45, 2.75) is 20.4 Å². The number of urea groups is 1. The molecule has 1 saturated heterocycles. The maximum absolute atomic E-state index is 12.9. The molecular weight excluding hydrogens is 452 g/mol.